The highest BCUT2D eigenvalue weighted by Crippen LogP contribution is 2.38. The van der Waals surface area contributed by atoms with Gasteiger partial charge in [-0.25, -0.2) is 4.68 Å². The van der Waals surface area contributed by atoms with Crippen molar-refractivity contribution in [3.05, 3.63) is 23.8 Å². The predicted molar refractivity (Wildman–Crippen MR) is 109 cm³/mol. The number of likely N-dealkylation sites (tertiary alicyclic amines) is 1. The summed E-state index contributed by atoms with van der Waals surface area (Å²) in [6.07, 6.45) is 2.83. The molecule has 1 atom stereocenters. The first kappa shape index (κ1) is 20.0. The number of aromatic nitrogens is 4. The number of amides is 1. The van der Waals surface area contributed by atoms with Crippen LogP contribution in [0.25, 0.3) is 0 Å². The Morgan fingerprint density at radius 3 is 2.79 bits per heavy atom. The van der Waals surface area contributed by atoms with Crippen molar-refractivity contribution in [1.29, 1.82) is 0 Å². The van der Waals surface area contributed by atoms with Gasteiger partial charge in [-0.2, -0.15) is 0 Å². The zero-order valence-electron chi connectivity index (χ0n) is 17.1. The van der Waals surface area contributed by atoms with Crippen molar-refractivity contribution in [1.82, 2.24) is 25.1 Å². The minimum atomic E-state index is -0.227. The summed E-state index contributed by atoms with van der Waals surface area (Å²) in [5.74, 6) is 1.98. The minimum absolute atomic E-state index is 0.0684. The largest absolute Gasteiger partial charge is 0.490 e. The molecule has 156 valence electrons. The van der Waals surface area contributed by atoms with Gasteiger partial charge in [-0.15, -0.1) is 5.10 Å². The maximum absolute atomic E-state index is 13.0. The Labute approximate surface area is 174 Å². The van der Waals surface area contributed by atoms with Crippen molar-refractivity contribution < 1.29 is 14.3 Å². The third kappa shape index (κ3) is 4.34. The zero-order chi connectivity index (χ0) is 20.4. The summed E-state index contributed by atoms with van der Waals surface area (Å²) in [6, 6.07) is 6.11. The van der Waals surface area contributed by atoms with Gasteiger partial charge in [0, 0.05) is 13.0 Å². The summed E-state index contributed by atoms with van der Waals surface area (Å²) in [6.45, 7) is 8.21. The minimum Gasteiger partial charge on any atom is -0.490 e. The van der Waals surface area contributed by atoms with Crippen molar-refractivity contribution in [3.63, 3.8) is 0 Å². The molecular weight excluding hydrogens is 390 g/mol. The third-order valence-corrected chi connectivity index (χ3v) is 6.03. The molecular formula is C20H27N5O3S. The van der Waals surface area contributed by atoms with Crippen molar-refractivity contribution in [2.24, 2.45) is 0 Å². The molecule has 0 N–H and O–H groups in total. The second kappa shape index (κ2) is 8.22. The molecule has 2 aromatic rings. The number of thioether (sulfide) groups is 1. The van der Waals surface area contributed by atoms with Gasteiger partial charge in [-0.3, -0.25) is 4.79 Å². The molecule has 0 unspecified atom stereocenters. The van der Waals surface area contributed by atoms with Crippen LogP contribution in [0.3, 0.4) is 0 Å². The van der Waals surface area contributed by atoms with E-state index in [0.29, 0.717) is 24.1 Å². The Hall–Kier alpha value is -2.29. The summed E-state index contributed by atoms with van der Waals surface area (Å²) in [5.41, 5.74) is 0.874. The summed E-state index contributed by atoms with van der Waals surface area (Å²) >= 11 is 1.39. The first-order valence-electron chi connectivity index (χ1n) is 10.0. The van der Waals surface area contributed by atoms with Crippen LogP contribution >= 0.6 is 11.8 Å². The molecule has 1 aromatic heterocycles. The van der Waals surface area contributed by atoms with Crippen LogP contribution in [0.4, 0.5) is 0 Å². The van der Waals surface area contributed by atoms with Crippen molar-refractivity contribution in [2.45, 2.75) is 56.8 Å². The number of nitrogens with zero attached hydrogens (tertiary/aromatic N) is 5. The van der Waals surface area contributed by atoms with Gasteiger partial charge in [0.15, 0.2) is 11.5 Å². The lowest BCUT2D eigenvalue weighted by atomic mass is 10.0. The van der Waals surface area contributed by atoms with Crippen LogP contribution in [0, 0.1) is 0 Å². The van der Waals surface area contributed by atoms with Gasteiger partial charge >= 0.3 is 0 Å². The van der Waals surface area contributed by atoms with Crippen LogP contribution in [0.1, 0.15) is 51.6 Å². The Bertz CT molecular complexity index is 879. The van der Waals surface area contributed by atoms with Crippen LogP contribution in [-0.2, 0) is 10.3 Å². The van der Waals surface area contributed by atoms with E-state index in [1.165, 1.54) is 11.8 Å². The van der Waals surface area contributed by atoms with E-state index >= 15 is 0 Å². The van der Waals surface area contributed by atoms with E-state index < -0.39 is 0 Å². The molecule has 1 fully saturated rings. The van der Waals surface area contributed by atoms with Gasteiger partial charge in [0.2, 0.25) is 11.1 Å². The second-order valence-electron chi connectivity index (χ2n) is 8.33. The average molecular weight is 418 g/mol. The number of carbonyl (C=O) groups is 1. The monoisotopic (exact) mass is 417 g/mol. The van der Waals surface area contributed by atoms with Crippen LogP contribution in [0.2, 0.25) is 0 Å². The normalized spacial score (nSPS) is 19.3. The fourth-order valence-electron chi connectivity index (χ4n) is 3.70. The highest BCUT2D eigenvalue weighted by atomic mass is 32.2. The second-order valence-corrected chi connectivity index (χ2v) is 9.28. The lowest BCUT2D eigenvalue weighted by molar-refractivity contribution is -0.129. The van der Waals surface area contributed by atoms with Crippen LogP contribution in [0.5, 0.6) is 11.5 Å². The van der Waals surface area contributed by atoms with E-state index in [0.717, 1.165) is 42.9 Å². The van der Waals surface area contributed by atoms with E-state index in [2.05, 4.69) is 21.6 Å². The number of ether oxygens (including phenoxy) is 2. The lowest BCUT2D eigenvalue weighted by Crippen LogP contribution is -2.32. The smallest absolute Gasteiger partial charge is 0.233 e. The van der Waals surface area contributed by atoms with E-state index in [1.807, 2.05) is 37.8 Å². The Morgan fingerprint density at radius 1 is 1.21 bits per heavy atom. The van der Waals surface area contributed by atoms with Crippen LogP contribution in [-0.4, -0.2) is 56.5 Å². The van der Waals surface area contributed by atoms with Crippen LogP contribution in [0.15, 0.2) is 23.4 Å². The quantitative estimate of drug-likeness (QED) is 0.707. The molecule has 1 aromatic carbocycles. The van der Waals surface area contributed by atoms with E-state index in [4.69, 9.17) is 9.47 Å². The lowest BCUT2D eigenvalue weighted by Gasteiger charge is -2.26. The molecule has 0 radical (unpaired) electrons. The van der Waals surface area contributed by atoms with Crippen LogP contribution < -0.4 is 9.47 Å². The molecule has 0 bridgehead atoms. The van der Waals surface area contributed by atoms with Gasteiger partial charge in [0.1, 0.15) is 0 Å². The Balaban J connectivity index is 1.45. The summed E-state index contributed by atoms with van der Waals surface area (Å²) in [7, 11) is 0. The summed E-state index contributed by atoms with van der Waals surface area (Å²) < 4.78 is 13.3. The van der Waals surface area contributed by atoms with E-state index in [9.17, 15) is 4.79 Å². The van der Waals surface area contributed by atoms with Crippen molar-refractivity contribution >= 4 is 17.7 Å². The van der Waals surface area contributed by atoms with E-state index in [-0.39, 0.29) is 17.5 Å². The maximum atomic E-state index is 13.0. The molecule has 1 amide bonds. The van der Waals surface area contributed by atoms with Gasteiger partial charge in [-0.05, 0) is 61.7 Å². The molecule has 0 aliphatic carbocycles. The number of tetrazole rings is 1. The topological polar surface area (TPSA) is 82.4 Å². The number of hydrogen-bond acceptors (Lipinski definition) is 7. The van der Waals surface area contributed by atoms with E-state index in [1.54, 1.807) is 4.68 Å². The first-order valence-corrected chi connectivity index (χ1v) is 11.0. The Morgan fingerprint density at radius 2 is 2.00 bits per heavy atom. The van der Waals surface area contributed by atoms with Crippen molar-refractivity contribution in [3.8, 4) is 11.5 Å². The number of rotatable bonds is 4. The van der Waals surface area contributed by atoms with Gasteiger partial charge in [0.25, 0.3) is 0 Å². The summed E-state index contributed by atoms with van der Waals surface area (Å²) in [5, 5.41) is 12.6. The fraction of sp³-hybridized carbons (Fsp3) is 0.600. The highest BCUT2D eigenvalue weighted by Gasteiger charge is 2.31. The molecule has 1 saturated heterocycles. The zero-order valence-corrected chi connectivity index (χ0v) is 17.9. The molecule has 8 nitrogen and oxygen atoms in total. The third-order valence-electron chi connectivity index (χ3n) is 5.13. The summed E-state index contributed by atoms with van der Waals surface area (Å²) in [4.78, 5) is 15.0. The molecule has 29 heavy (non-hydrogen) atoms. The maximum Gasteiger partial charge on any atom is 0.233 e. The number of hydrogen-bond donors (Lipinski definition) is 0. The highest BCUT2D eigenvalue weighted by molar-refractivity contribution is 7.99. The number of carbonyl (C=O) groups excluding carboxylic acids is 1. The first-order chi connectivity index (χ1) is 13.9. The number of fused-ring (bicyclic) bond motifs is 1. The SMILES string of the molecule is CC(C)(C)n1nnnc1SCC(=O)N1CCC[C@@H]1c1ccc2c(c1)OCCCO2. The number of benzene rings is 1. The molecule has 0 saturated carbocycles. The molecule has 0 spiro atoms. The average Bonchev–Trinajstić information content (AvgIpc) is 3.30. The molecule has 2 aliphatic rings. The molecule has 9 heteroatoms. The van der Waals surface area contributed by atoms with Gasteiger partial charge in [-0.1, -0.05) is 17.8 Å². The molecule has 4 rings (SSSR count). The molecule has 2 aliphatic heterocycles. The standard InChI is InChI=1S/C20H27N5O3S/c1-20(2,3)25-19(21-22-23-25)29-13-18(26)24-9-4-6-15(24)14-7-8-16-17(12-14)28-11-5-10-27-16/h7-8,12,15H,4-6,9-11,13H2,1-3H3/t15-/m1/s1. The van der Waals surface area contributed by atoms with Gasteiger partial charge in [0.05, 0.1) is 30.5 Å². The van der Waals surface area contributed by atoms with Crippen molar-refractivity contribution in [2.75, 3.05) is 25.5 Å². The predicted octanol–water partition coefficient (Wildman–Crippen LogP) is 3.05. The molecule has 3 heterocycles. The Kier molecular flexibility index (Phi) is 5.67. The van der Waals surface area contributed by atoms with Gasteiger partial charge < -0.3 is 14.4 Å². The fourth-order valence-corrected chi connectivity index (χ4v) is 4.64.